The van der Waals surface area contributed by atoms with Gasteiger partial charge in [-0.15, -0.1) is 0 Å². The van der Waals surface area contributed by atoms with Gasteiger partial charge in [-0.3, -0.25) is 0 Å². The van der Waals surface area contributed by atoms with Gasteiger partial charge in [-0.2, -0.15) is 0 Å². The third-order valence-corrected chi connectivity index (χ3v) is 4.35. The highest BCUT2D eigenvalue weighted by atomic mass is 32.1. The van der Waals surface area contributed by atoms with Gasteiger partial charge in [0, 0.05) is 5.69 Å². The van der Waals surface area contributed by atoms with Crippen LogP contribution < -0.4 is 11.1 Å². The van der Waals surface area contributed by atoms with Crippen molar-refractivity contribution >= 4 is 36.2 Å². The van der Waals surface area contributed by atoms with Crippen molar-refractivity contribution in [2.45, 2.75) is 38.9 Å². The Balaban J connectivity index is 2.25. The Bertz CT molecular complexity index is 616. The lowest BCUT2D eigenvalue weighted by atomic mass is 9.77. The Morgan fingerprint density at radius 3 is 2.43 bits per heavy atom. The van der Waals surface area contributed by atoms with E-state index in [4.69, 9.17) is 27.3 Å². The van der Waals surface area contributed by atoms with Gasteiger partial charge in [0.05, 0.1) is 17.8 Å². The molecule has 124 valence electrons. The lowest BCUT2D eigenvalue weighted by Crippen LogP contribution is -2.41. The minimum absolute atomic E-state index is 0.149. The van der Waals surface area contributed by atoms with Crippen molar-refractivity contribution in [2.24, 2.45) is 5.73 Å². The van der Waals surface area contributed by atoms with E-state index in [1.807, 2.05) is 58.0 Å². The van der Waals surface area contributed by atoms with Crippen molar-refractivity contribution in [1.29, 1.82) is 0 Å². The molecule has 1 aromatic rings. The van der Waals surface area contributed by atoms with Gasteiger partial charge in [0.15, 0.2) is 5.11 Å². The molecule has 0 aromatic heterocycles. The summed E-state index contributed by atoms with van der Waals surface area (Å²) in [5, 5.41) is 12.8. The van der Waals surface area contributed by atoms with Gasteiger partial charge in [0.2, 0.25) is 0 Å². The molecule has 1 heterocycles. The highest BCUT2D eigenvalue weighted by Crippen LogP contribution is 2.38. The molecule has 1 fully saturated rings. The van der Waals surface area contributed by atoms with Crippen LogP contribution in [0.4, 0.5) is 5.69 Å². The summed E-state index contributed by atoms with van der Waals surface area (Å²) in [6, 6.07) is 7.56. The second-order valence-corrected chi connectivity index (χ2v) is 7.02. The maximum atomic E-state index is 9.72. The summed E-state index contributed by atoms with van der Waals surface area (Å²) >= 11 is 4.84. The summed E-state index contributed by atoms with van der Waals surface area (Å²) < 4.78 is 12.0. The number of aliphatic hydroxyl groups is 1. The number of nitrogens with one attached hydrogen (secondary N) is 1. The molecule has 0 bridgehead atoms. The summed E-state index contributed by atoms with van der Waals surface area (Å²) in [7, 11) is -0.572. The van der Waals surface area contributed by atoms with E-state index in [2.05, 4.69) is 5.32 Å². The van der Waals surface area contributed by atoms with Crippen LogP contribution in [-0.4, -0.2) is 35.1 Å². The van der Waals surface area contributed by atoms with Crippen LogP contribution in [0.2, 0.25) is 0 Å². The minimum Gasteiger partial charge on any atom is -0.400 e. The van der Waals surface area contributed by atoms with E-state index in [0.29, 0.717) is 5.47 Å². The Kier molecular flexibility index (Phi) is 5.15. The van der Waals surface area contributed by atoms with E-state index >= 15 is 0 Å². The monoisotopic (exact) mass is 334 g/mol. The molecule has 0 atom stereocenters. The number of nitrogens with two attached hydrogens (primary N) is 1. The highest BCUT2D eigenvalue weighted by molar-refractivity contribution is 7.80. The first kappa shape index (κ1) is 17.9. The fourth-order valence-electron chi connectivity index (χ4n) is 2.25. The lowest BCUT2D eigenvalue weighted by molar-refractivity contribution is 0.00578. The smallest absolute Gasteiger partial charge is 0.400 e. The molecule has 1 saturated heterocycles. The zero-order chi connectivity index (χ0) is 17.3. The minimum atomic E-state index is -0.572. The number of anilines is 1. The van der Waals surface area contributed by atoms with Gasteiger partial charge in [-0.25, -0.2) is 0 Å². The van der Waals surface area contributed by atoms with Gasteiger partial charge in [0.25, 0.3) is 0 Å². The normalized spacial score (nSPS) is 19.7. The summed E-state index contributed by atoms with van der Waals surface area (Å²) in [5.41, 5.74) is 6.95. The maximum Gasteiger partial charge on any atom is 0.492 e. The predicted molar refractivity (Wildman–Crippen MR) is 98.0 cm³/mol. The first-order chi connectivity index (χ1) is 10.6. The predicted octanol–water partition coefficient (Wildman–Crippen LogP) is 2.35. The van der Waals surface area contributed by atoms with E-state index in [1.54, 1.807) is 0 Å². The lowest BCUT2D eigenvalue weighted by Gasteiger charge is -2.32. The quantitative estimate of drug-likeness (QED) is 0.580. The van der Waals surface area contributed by atoms with Crippen LogP contribution >= 0.6 is 12.2 Å². The first-order valence-electron chi connectivity index (χ1n) is 7.48. The Hall–Kier alpha value is -1.41. The van der Waals surface area contributed by atoms with Gasteiger partial charge in [0.1, 0.15) is 0 Å². The van der Waals surface area contributed by atoms with Crippen molar-refractivity contribution in [3.8, 4) is 0 Å². The van der Waals surface area contributed by atoms with Gasteiger partial charge < -0.3 is 25.5 Å². The van der Waals surface area contributed by atoms with E-state index in [9.17, 15) is 5.11 Å². The van der Waals surface area contributed by atoms with Crippen LogP contribution in [-0.2, 0) is 9.31 Å². The van der Waals surface area contributed by atoms with Crippen molar-refractivity contribution in [1.82, 2.24) is 0 Å². The second-order valence-electron chi connectivity index (χ2n) is 6.58. The molecule has 5 nitrogen and oxygen atoms in total. The van der Waals surface area contributed by atoms with Crippen LogP contribution in [0.1, 0.15) is 33.3 Å². The molecule has 4 N–H and O–H groups in total. The molecular formula is C16H23BN2O3S. The first-order valence-corrected chi connectivity index (χ1v) is 7.89. The van der Waals surface area contributed by atoms with E-state index in [-0.39, 0.29) is 11.7 Å². The summed E-state index contributed by atoms with van der Waals surface area (Å²) in [4.78, 5) is 0. The van der Waals surface area contributed by atoms with Crippen molar-refractivity contribution in [2.75, 3.05) is 11.9 Å². The SMILES string of the molecule is CC1(C)OB(C(=Cc2cccc(NC(N)=S)c2)CO)OC1(C)C. The number of hydrogen-bond acceptors (Lipinski definition) is 4. The zero-order valence-corrected chi connectivity index (χ0v) is 14.7. The largest absolute Gasteiger partial charge is 0.492 e. The third-order valence-electron chi connectivity index (χ3n) is 4.24. The molecule has 0 aliphatic carbocycles. The Labute approximate surface area is 143 Å². The van der Waals surface area contributed by atoms with Crippen LogP contribution in [0.15, 0.2) is 29.7 Å². The van der Waals surface area contributed by atoms with Gasteiger partial charge in [-0.05, 0) is 63.1 Å². The summed E-state index contributed by atoms with van der Waals surface area (Å²) in [6.07, 6.45) is 1.85. The number of rotatable bonds is 4. The van der Waals surface area contributed by atoms with Crippen molar-refractivity contribution in [3.05, 3.63) is 35.3 Å². The fraction of sp³-hybridized carbons (Fsp3) is 0.438. The topological polar surface area (TPSA) is 76.7 Å². The molecule has 1 aliphatic rings. The highest BCUT2D eigenvalue weighted by Gasteiger charge is 2.52. The van der Waals surface area contributed by atoms with Crippen LogP contribution in [0.25, 0.3) is 6.08 Å². The summed E-state index contributed by atoms with van der Waals surface area (Å²) in [5.74, 6) is 0. The average molecular weight is 334 g/mol. The number of thiocarbonyl (C=S) groups is 1. The molecule has 1 aromatic carbocycles. The molecule has 0 unspecified atom stereocenters. The Morgan fingerprint density at radius 1 is 1.30 bits per heavy atom. The summed E-state index contributed by atoms with van der Waals surface area (Å²) in [6.45, 7) is 7.77. The van der Waals surface area contributed by atoms with Crippen LogP contribution in [0, 0.1) is 0 Å². The van der Waals surface area contributed by atoms with Crippen molar-refractivity contribution < 1.29 is 14.4 Å². The number of hydrogen-bond donors (Lipinski definition) is 3. The van der Waals surface area contributed by atoms with E-state index in [1.165, 1.54) is 0 Å². The van der Waals surface area contributed by atoms with Gasteiger partial charge in [-0.1, -0.05) is 18.2 Å². The molecule has 0 radical (unpaired) electrons. The molecule has 2 rings (SSSR count). The van der Waals surface area contributed by atoms with E-state index < -0.39 is 18.3 Å². The maximum absolute atomic E-state index is 9.72. The second kappa shape index (κ2) is 6.61. The molecule has 23 heavy (non-hydrogen) atoms. The molecule has 1 aliphatic heterocycles. The zero-order valence-electron chi connectivity index (χ0n) is 13.9. The average Bonchev–Trinajstić information content (AvgIpc) is 2.64. The van der Waals surface area contributed by atoms with E-state index in [0.717, 1.165) is 11.3 Å². The standard InChI is InChI=1S/C16H23BN2O3S/c1-15(2)16(3,4)22-17(21-15)12(10-20)8-11-6-5-7-13(9-11)19-14(18)23/h5-9,20H,10H2,1-4H3,(H3,18,19,23). The van der Waals surface area contributed by atoms with Gasteiger partial charge >= 0.3 is 7.12 Å². The molecule has 0 spiro atoms. The number of benzene rings is 1. The molecule has 0 amide bonds. The number of aliphatic hydroxyl groups excluding tert-OH is 1. The fourth-order valence-corrected chi connectivity index (χ4v) is 2.36. The third kappa shape index (κ3) is 4.12. The van der Waals surface area contributed by atoms with Crippen molar-refractivity contribution in [3.63, 3.8) is 0 Å². The molecule has 7 heteroatoms. The Morgan fingerprint density at radius 2 is 1.91 bits per heavy atom. The molecular weight excluding hydrogens is 311 g/mol. The van der Waals surface area contributed by atoms with Crippen LogP contribution in [0.5, 0.6) is 0 Å². The molecule has 0 saturated carbocycles. The van der Waals surface area contributed by atoms with Crippen LogP contribution in [0.3, 0.4) is 0 Å².